The smallest absolute Gasteiger partial charge is 0.243 e. The Morgan fingerprint density at radius 3 is 2.63 bits per heavy atom. The van der Waals surface area contributed by atoms with Gasteiger partial charge in [-0.3, -0.25) is 14.4 Å². The van der Waals surface area contributed by atoms with Crippen molar-refractivity contribution in [1.29, 1.82) is 0 Å². The van der Waals surface area contributed by atoms with Crippen molar-refractivity contribution in [2.45, 2.75) is 70.6 Å². The highest BCUT2D eigenvalue weighted by Gasteiger charge is 2.44. The SMILES string of the molecule is CN[C@H](C(=O)N1C[C@@H](NC=O)C[C@H]1C(=O)N[C@@H]1CCCc2ccccc21)C(C)(C)C. The maximum Gasteiger partial charge on any atom is 0.243 e. The van der Waals surface area contributed by atoms with Crippen molar-refractivity contribution in [2.24, 2.45) is 5.41 Å². The second-order valence-corrected chi connectivity index (χ2v) is 9.46. The summed E-state index contributed by atoms with van der Waals surface area (Å²) in [5.41, 5.74) is 2.14. The van der Waals surface area contributed by atoms with Gasteiger partial charge in [-0.05, 0) is 49.3 Å². The minimum absolute atomic E-state index is 0.0415. The first-order valence-electron chi connectivity index (χ1n) is 10.8. The Morgan fingerprint density at radius 1 is 1.23 bits per heavy atom. The van der Waals surface area contributed by atoms with Gasteiger partial charge in [-0.1, -0.05) is 45.0 Å². The third-order valence-corrected chi connectivity index (χ3v) is 6.28. The van der Waals surface area contributed by atoms with Crippen LogP contribution in [0.25, 0.3) is 0 Å². The second-order valence-electron chi connectivity index (χ2n) is 9.46. The first-order valence-corrected chi connectivity index (χ1v) is 10.8. The highest BCUT2D eigenvalue weighted by atomic mass is 16.2. The van der Waals surface area contributed by atoms with E-state index < -0.39 is 12.1 Å². The van der Waals surface area contributed by atoms with Gasteiger partial charge in [0.1, 0.15) is 6.04 Å². The fraction of sp³-hybridized carbons (Fsp3) is 0.609. The summed E-state index contributed by atoms with van der Waals surface area (Å²) in [5.74, 6) is -0.256. The molecular formula is C23H34N4O3. The molecule has 0 spiro atoms. The van der Waals surface area contributed by atoms with Gasteiger partial charge in [-0.2, -0.15) is 0 Å². The molecule has 2 aliphatic rings. The number of carbonyl (C=O) groups is 3. The lowest BCUT2D eigenvalue weighted by Gasteiger charge is -2.35. The van der Waals surface area contributed by atoms with Crippen molar-refractivity contribution in [2.75, 3.05) is 13.6 Å². The van der Waals surface area contributed by atoms with Crippen molar-refractivity contribution in [3.05, 3.63) is 35.4 Å². The lowest BCUT2D eigenvalue weighted by Crippen LogP contribution is -2.56. The van der Waals surface area contributed by atoms with E-state index in [0.29, 0.717) is 19.4 Å². The van der Waals surface area contributed by atoms with E-state index in [-0.39, 0.29) is 29.3 Å². The van der Waals surface area contributed by atoms with Crippen LogP contribution in [0.5, 0.6) is 0 Å². The number of likely N-dealkylation sites (N-methyl/N-ethyl adjacent to an activating group) is 1. The van der Waals surface area contributed by atoms with E-state index in [9.17, 15) is 14.4 Å². The summed E-state index contributed by atoms with van der Waals surface area (Å²) in [4.78, 5) is 39.3. The van der Waals surface area contributed by atoms with E-state index in [1.807, 2.05) is 32.9 Å². The summed E-state index contributed by atoms with van der Waals surface area (Å²) in [7, 11) is 1.76. The molecule has 3 N–H and O–H groups in total. The minimum Gasteiger partial charge on any atom is -0.354 e. The number of aryl methyl sites for hydroxylation is 1. The summed E-state index contributed by atoms with van der Waals surface area (Å²) < 4.78 is 0. The van der Waals surface area contributed by atoms with Crippen LogP contribution < -0.4 is 16.0 Å². The zero-order chi connectivity index (χ0) is 21.9. The van der Waals surface area contributed by atoms with Crippen LogP contribution in [0.4, 0.5) is 0 Å². The third kappa shape index (κ3) is 4.67. The standard InChI is InChI=1S/C23H34N4O3/c1-23(2,3)20(24-4)22(30)27-13-16(25-14-28)12-19(27)21(29)26-18-11-7-9-15-8-5-6-10-17(15)18/h5-6,8,10,14,16,18-20,24H,7,9,11-13H2,1-4H3,(H,25,28)(H,26,29)/t16-,18+,19-,20+/m0/s1. The van der Waals surface area contributed by atoms with Gasteiger partial charge in [0.05, 0.1) is 12.1 Å². The van der Waals surface area contributed by atoms with Crippen molar-refractivity contribution < 1.29 is 14.4 Å². The topological polar surface area (TPSA) is 90.5 Å². The molecule has 1 fully saturated rings. The first-order chi connectivity index (χ1) is 14.3. The zero-order valence-electron chi connectivity index (χ0n) is 18.4. The Balaban J connectivity index is 1.80. The molecule has 3 rings (SSSR count). The molecule has 7 nitrogen and oxygen atoms in total. The molecule has 0 aromatic heterocycles. The number of likely N-dealkylation sites (tertiary alicyclic amines) is 1. The van der Waals surface area contributed by atoms with Gasteiger partial charge in [0.2, 0.25) is 18.2 Å². The van der Waals surface area contributed by atoms with Crippen LogP contribution in [-0.4, -0.2) is 54.8 Å². The van der Waals surface area contributed by atoms with Crippen LogP contribution in [0.1, 0.15) is 57.2 Å². The highest BCUT2D eigenvalue weighted by Crippen LogP contribution is 2.31. The number of hydrogen-bond donors (Lipinski definition) is 3. The van der Waals surface area contributed by atoms with Crippen molar-refractivity contribution >= 4 is 18.2 Å². The first kappa shape index (κ1) is 22.3. The Hall–Kier alpha value is -2.41. The fourth-order valence-corrected chi connectivity index (χ4v) is 4.81. The Morgan fingerprint density at radius 2 is 1.97 bits per heavy atom. The molecule has 30 heavy (non-hydrogen) atoms. The van der Waals surface area contributed by atoms with E-state index in [1.54, 1.807) is 11.9 Å². The predicted molar refractivity (Wildman–Crippen MR) is 116 cm³/mol. The summed E-state index contributed by atoms with van der Waals surface area (Å²) in [6, 6.07) is 6.94. The third-order valence-electron chi connectivity index (χ3n) is 6.28. The monoisotopic (exact) mass is 414 g/mol. The molecular weight excluding hydrogens is 380 g/mol. The van der Waals surface area contributed by atoms with Gasteiger partial charge >= 0.3 is 0 Å². The van der Waals surface area contributed by atoms with E-state index in [1.165, 1.54) is 11.1 Å². The lowest BCUT2D eigenvalue weighted by atomic mass is 9.85. The van der Waals surface area contributed by atoms with Crippen LogP contribution in [0.2, 0.25) is 0 Å². The van der Waals surface area contributed by atoms with E-state index in [2.05, 4.69) is 28.1 Å². The lowest BCUT2D eigenvalue weighted by molar-refractivity contribution is -0.142. The largest absolute Gasteiger partial charge is 0.354 e. The molecule has 4 atom stereocenters. The fourth-order valence-electron chi connectivity index (χ4n) is 4.81. The molecule has 1 aromatic rings. The van der Waals surface area contributed by atoms with Crippen LogP contribution >= 0.6 is 0 Å². The van der Waals surface area contributed by atoms with Gasteiger partial charge in [0, 0.05) is 12.6 Å². The predicted octanol–water partition coefficient (Wildman–Crippen LogP) is 1.53. The molecule has 0 radical (unpaired) electrons. The molecule has 1 aliphatic carbocycles. The summed E-state index contributed by atoms with van der Waals surface area (Å²) >= 11 is 0. The molecule has 1 aliphatic heterocycles. The number of fused-ring (bicyclic) bond motifs is 1. The quantitative estimate of drug-likeness (QED) is 0.616. The number of nitrogens with one attached hydrogen (secondary N) is 3. The molecule has 0 bridgehead atoms. The van der Waals surface area contributed by atoms with Crippen LogP contribution in [0.15, 0.2) is 24.3 Å². The number of hydrogen-bond acceptors (Lipinski definition) is 4. The van der Waals surface area contributed by atoms with Crippen molar-refractivity contribution in [1.82, 2.24) is 20.9 Å². The van der Waals surface area contributed by atoms with E-state index >= 15 is 0 Å². The molecule has 1 aromatic carbocycles. The second kappa shape index (κ2) is 9.16. The average Bonchev–Trinajstić information content (AvgIpc) is 3.12. The van der Waals surface area contributed by atoms with Crippen LogP contribution in [0.3, 0.4) is 0 Å². The Kier molecular flexibility index (Phi) is 6.81. The number of rotatable bonds is 6. The molecule has 7 heteroatoms. The number of nitrogens with zero attached hydrogens (tertiary/aromatic N) is 1. The summed E-state index contributed by atoms with van der Waals surface area (Å²) in [6.07, 6.45) is 4.00. The minimum atomic E-state index is -0.595. The molecule has 3 amide bonds. The maximum absolute atomic E-state index is 13.3. The van der Waals surface area contributed by atoms with Gasteiger partial charge in [-0.25, -0.2) is 0 Å². The zero-order valence-corrected chi connectivity index (χ0v) is 18.4. The van der Waals surface area contributed by atoms with Crippen molar-refractivity contribution in [3.8, 4) is 0 Å². The van der Waals surface area contributed by atoms with Gasteiger partial charge in [0.15, 0.2) is 0 Å². The maximum atomic E-state index is 13.3. The van der Waals surface area contributed by atoms with Gasteiger partial charge < -0.3 is 20.9 Å². The molecule has 0 unspecified atom stereocenters. The number of carbonyl (C=O) groups excluding carboxylic acids is 3. The van der Waals surface area contributed by atoms with Crippen molar-refractivity contribution in [3.63, 3.8) is 0 Å². The summed E-state index contributed by atoms with van der Waals surface area (Å²) in [5, 5.41) is 9.05. The Bertz CT molecular complexity index is 789. The van der Waals surface area contributed by atoms with E-state index in [4.69, 9.17) is 0 Å². The normalized spacial score (nSPS) is 24.7. The van der Waals surface area contributed by atoms with Gasteiger partial charge in [-0.15, -0.1) is 0 Å². The van der Waals surface area contributed by atoms with E-state index in [0.717, 1.165) is 19.3 Å². The highest BCUT2D eigenvalue weighted by molar-refractivity contribution is 5.91. The number of amides is 3. The summed E-state index contributed by atoms with van der Waals surface area (Å²) in [6.45, 7) is 6.33. The van der Waals surface area contributed by atoms with Crippen LogP contribution in [0, 0.1) is 5.41 Å². The molecule has 1 saturated heterocycles. The molecule has 164 valence electrons. The Labute approximate surface area is 179 Å². The van der Waals surface area contributed by atoms with Gasteiger partial charge in [0.25, 0.3) is 0 Å². The average molecular weight is 415 g/mol. The number of benzene rings is 1. The van der Waals surface area contributed by atoms with Crippen LogP contribution in [-0.2, 0) is 20.8 Å². The molecule has 0 saturated carbocycles. The molecule has 1 heterocycles.